The lowest BCUT2D eigenvalue weighted by Gasteiger charge is -2.17. The predicted octanol–water partition coefficient (Wildman–Crippen LogP) is 2.90. The van der Waals surface area contributed by atoms with Crippen molar-refractivity contribution in [3.63, 3.8) is 0 Å². The van der Waals surface area contributed by atoms with Crippen molar-refractivity contribution in [3.05, 3.63) is 29.6 Å². The van der Waals surface area contributed by atoms with Gasteiger partial charge < -0.3 is 14.8 Å². The van der Waals surface area contributed by atoms with Gasteiger partial charge in [0.2, 0.25) is 0 Å². The van der Waals surface area contributed by atoms with Crippen molar-refractivity contribution < 1.29 is 13.9 Å². The van der Waals surface area contributed by atoms with Gasteiger partial charge >= 0.3 is 0 Å². The fourth-order valence-electron chi connectivity index (χ4n) is 1.64. The summed E-state index contributed by atoms with van der Waals surface area (Å²) < 4.78 is 24.0. The first-order chi connectivity index (χ1) is 9.21. The van der Waals surface area contributed by atoms with Gasteiger partial charge in [0.25, 0.3) is 0 Å². The lowest BCUT2D eigenvalue weighted by atomic mass is 10.2. The van der Waals surface area contributed by atoms with Gasteiger partial charge in [0.15, 0.2) is 6.29 Å². The number of nitrogens with zero attached hydrogens (tertiary/aromatic N) is 1. The molecule has 1 aromatic rings. The highest BCUT2D eigenvalue weighted by molar-refractivity contribution is 5.49. The van der Waals surface area contributed by atoms with Crippen LogP contribution in [0.25, 0.3) is 0 Å². The molecule has 0 amide bonds. The Morgan fingerprint density at radius 3 is 2.58 bits per heavy atom. The van der Waals surface area contributed by atoms with E-state index in [1.807, 2.05) is 19.9 Å². The molecule has 0 aliphatic heterocycles. The van der Waals surface area contributed by atoms with Crippen LogP contribution in [0.3, 0.4) is 0 Å². The van der Waals surface area contributed by atoms with Crippen LogP contribution >= 0.6 is 0 Å². The summed E-state index contributed by atoms with van der Waals surface area (Å²) in [6, 6.07) is 6.19. The van der Waals surface area contributed by atoms with Gasteiger partial charge in [0.05, 0.1) is 5.56 Å². The van der Waals surface area contributed by atoms with Gasteiger partial charge in [-0.05, 0) is 32.0 Å². The van der Waals surface area contributed by atoms with Crippen molar-refractivity contribution >= 4 is 5.69 Å². The number of hydrogen-bond donors (Lipinski definition) is 1. The van der Waals surface area contributed by atoms with Crippen LogP contribution in [0.4, 0.5) is 10.1 Å². The fourth-order valence-corrected chi connectivity index (χ4v) is 1.64. The van der Waals surface area contributed by atoms with E-state index < -0.39 is 5.82 Å². The number of ether oxygens (including phenoxy) is 2. The minimum atomic E-state index is -0.505. The molecule has 0 saturated carbocycles. The molecule has 0 radical (unpaired) electrons. The molecule has 0 saturated heterocycles. The van der Waals surface area contributed by atoms with Crippen LogP contribution in [-0.4, -0.2) is 26.0 Å². The average Bonchev–Trinajstić information content (AvgIpc) is 2.41. The second kappa shape index (κ2) is 8.46. The van der Waals surface area contributed by atoms with Gasteiger partial charge in [-0.2, -0.15) is 5.26 Å². The SMILES string of the molecule is CCOC(CCNc1ccc(F)c(C#N)c1)OCC. The van der Waals surface area contributed by atoms with E-state index in [0.29, 0.717) is 31.9 Å². The first kappa shape index (κ1) is 15.4. The Bertz CT molecular complexity index is 426. The number of rotatable bonds is 8. The van der Waals surface area contributed by atoms with Crippen molar-refractivity contribution in [2.45, 2.75) is 26.6 Å². The maximum absolute atomic E-state index is 13.1. The normalized spacial score (nSPS) is 10.5. The maximum atomic E-state index is 13.1. The fraction of sp³-hybridized carbons (Fsp3) is 0.500. The molecule has 0 aromatic heterocycles. The minimum absolute atomic E-state index is 0.0381. The number of benzene rings is 1. The summed E-state index contributed by atoms with van der Waals surface area (Å²) in [4.78, 5) is 0. The van der Waals surface area contributed by atoms with Crippen LogP contribution < -0.4 is 5.32 Å². The van der Waals surface area contributed by atoms with E-state index in [0.717, 1.165) is 0 Å². The van der Waals surface area contributed by atoms with Crippen molar-refractivity contribution in [3.8, 4) is 6.07 Å². The van der Waals surface area contributed by atoms with E-state index in [1.54, 1.807) is 6.07 Å². The summed E-state index contributed by atoms with van der Waals surface area (Å²) in [6.07, 6.45) is 0.444. The van der Waals surface area contributed by atoms with E-state index in [9.17, 15) is 4.39 Å². The molecule has 5 heteroatoms. The van der Waals surface area contributed by atoms with Crippen LogP contribution in [-0.2, 0) is 9.47 Å². The zero-order valence-corrected chi connectivity index (χ0v) is 11.3. The van der Waals surface area contributed by atoms with E-state index in [1.165, 1.54) is 12.1 Å². The topological polar surface area (TPSA) is 54.3 Å². The molecule has 0 bridgehead atoms. The molecule has 1 N–H and O–H groups in total. The zero-order valence-electron chi connectivity index (χ0n) is 11.3. The second-order valence-corrected chi connectivity index (χ2v) is 3.86. The molecule has 0 aliphatic rings. The van der Waals surface area contributed by atoms with Crippen LogP contribution in [0.5, 0.6) is 0 Å². The molecule has 19 heavy (non-hydrogen) atoms. The Hall–Kier alpha value is -1.64. The highest BCUT2D eigenvalue weighted by Crippen LogP contribution is 2.14. The van der Waals surface area contributed by atoms with Crippen molar-refractivity contribution in [2.24, 2.45) is 0 Å². The first-order valence-corrected chi connectivity index (χ1v) is 6.38. The van der Waals surface area contributed by atoms with E-state index in [4.69, 9.17) is 14.7 Å². The number of halogens is 1. The van der Waals surface area contributed by atoms with E-state index >= 15 is 0 Å². The van der Waals surface area contributed by atoms with E-state index in [2.05, 4.69) is 5.32 Å². The van der Waals surface area contributed by atoms with Crippen molar-refractivity contribution in [1.29, 1.82) is 5.26 Å². The Morgan fingerprint density at radius 1 is 1.32 bits per heavy atom. The van der Waals surface area contributed by atoms with Gasteiger partial charge in [-0.25, -0.2) is 4.39 Å². The largest absolute Gasteiger partial charge is 0.385 e. The van der Waals surface area contributed by atoms with Crippen molar-refractivity contribution in [1.82, 2.24) is 0 Å². The number of nitrogens with one attached hydrogen (secondary N) is 1. The maximum Gasteiger partial charge on any atom is 0.159 e. The number of anilines is 1. The third kappa shape index (κ3) is 5.25. The summed E-state index contributed by atoms with van der Waals surface area (Å²) in [7, 11) is 0. The molecular formula is C14H19FN2O2. The highest BCUT2D eigenvalue weighted by Gasteiger charge is 2.07. The highest BCUT2D eigenvalue weighted by atomic mass is 19.1. The number of nitriles is 1. The van der Waals surface area contributed by atoms with E-state index in [-0.39, 0.29) is 11.9 Å². The molecule has 0 aliphatic carbocycles. The minimum Gasteiger partial charge on any atom is -0.385 e. The van der Waals surface area contributed by atoms with Gasteiger partial charge in [0, 0.05) is 31.9 Å². The summed E-state index contributed by atoms with van der Waals surface area (Å²) in [6.45, 7) is 5.65. The summed E-state index contributed by atoms with van der Waals surface area (Å²) in [5, 5.41) is 11.9. The second-order valence-electron chi connectivity index (χ2n) is 3.86. The predicted molar refractivity (Wildman–Crippen MR) is 71.3 cm³/mol. The monoisotopic (exact) mass is 266 g/mol. The van der Waals surface area contributed by atoms with Gasteiger partial charge in [-0.1, -0.05) is 0 Å². The van der Waals surface area contributed by atoms with Gasteiger partial charge in [-0.15, -0.1) is 0 Å². The molecule has 1 aromatic carbocycles. The summed E-state index contributed by atoms with van der Waals surface area (Å²) in [5.41, 5.74) is 0.751. The molecule has 0 heterocycles. The van der Waals surface area contributed by atoms with Crippen LogP contribution in [0, 0.1) is 17.1 Å². The molecular weight excluding hydrogens is 247 g/mol. The molecule has 104 valence electrons. The molecule has 0 atom stereocenters. The van der Waals surface area contributed by atoms with Crippen molar-refractivity contribution in [2.75, 3.05) is 25.1 Å². The quantitative estimate of drug-likeness (QED) is 0.735. The van der Waals surface area contributed by atoms with Crippen LogP contribution in [0.15, 0.2) is 18.2 Å². The van der Waals surface area contributed by atoms with Crippen LogP contribution in [0.2, 0.25) is 0 Å². The molecule has 0 fully saturated rings. The van der Waals surface area contributed by atoms with Crippen LogP contribution in [0.1, 0.15) is 25.8 Å². The zero-order chi connectivity index (χ0) is 14.1. The number of hydrogen-bond acceptors (Lipinski definition) is 4. The lowest BCUT2D eigenvalue weighted by molar-refractivity contribution is -0.137. The molecule has 0 spiro atoms. The molecule has 1 rings (SSSR count). The average molecular weight is 266 g/mol. The summed E-state index contributed by atoms with van der Waals surface area (Å²) >= 11 is 0. The molecule has 0 unspecified atom stereocenters. The third-order valence-corrected chi connectivity index (χ3v) is 2.50. The Morgan fingerprint density at radius 2 is 2.00 bits per heavy atom. The Kier molecular flexibility index (Phi) is 6.86. The Labute approximate surface area is 113 Å². The molecule has 4 nitrogen and oxygen atoms in total. The summed E-state index contributed by atoms with van der Waals surface area (Å²) in [5.74, 6) is -0.505. The standard InChI is InChI=1S/C14H19FN2O2/c1-3-18-14(19-4-2)7-8-17-12-5-6-13(15)11(9-12)10-16/h5-6,9,14,17H,3-4,7-8H2,1-2H3. The smallest absolute Gasteiger partial charge is 0.159 e. The Balaban J connectivity index is 2.46. The lowest BCUT2D eigenvalue weighted by Crippen LogP contribution is -2.21. The van der Waals surface area contributed by atoms with Gasteiger partial charge in [-0.3, -0.25) is 0 Å². The third-order valence-electron chi connectivity index (χ3n) is 2.50. The first-order valence-electron chi connectivity index (χ1n) is 6.38. The van der Waals surface area contributed by atoms with Gasteiger partial charge in [0.1, 0.15) is 11.9 Å².